The van der Waals surface area contributed by atoms with E-state index in [2.05, 4.69) is 50.4 Å². The summed E-state index contributed by atoms with van der Waals surface area (Å²) in [6, 6.07) is 20.0. The van der Waals surface area contributed by atoms with Crippen molar-refractivity contribution in [3.63, 3.8) is 0 Å². The first-order valence-electron chi connectivity index (χ1n) is 9.11. The molecule has 26 heavy (non-hydrogen) atoms. The minimum absolute atomic E-state index is 0.151. The molecule has 4 nitrogen and oxygen atoms in total. The van der Waals surface area contributed by atoms with E-state index in [-0.39, 0.29) is 11.1 Å². The summed E-state index contributed by atoms with van der Waals surface area (Å²) in [6.07, 6.45) is 0.375. The second-order valence-electron chi connectivity index (χ2n) is 7.88. The van der Waals surface area contributed by atoms with E-state index in [0.29, 0.717) is 13.0 Å². The summed E-state index contributed by atoms with van der Waals surface area (Å²) in [5.74, 6) is -0.842. The zero-order chi connectivity index (χ0) is 18.8. The molecule has 0 aliphatic carbocycles. The first kappa shape index (κ1) is 18.8. The zero-order valence-electron chi connectivity index (χ0n) is 15.6. The van der Waals surface area contributed by atoms with Crippen LogP contribution in [0.5, 0.6) is 0 Å². The van der Waals surface area contributed by atoms with Crippen LogP contribution in [0.15, 0.2) is 60.7 Å². The summed E-state index contributed by atoms with van der Waals surface area (Å²) in [5.41, 5.74) is 0. The number of carboxylic acid groups (broad SMARTS) is 1. The normalized spacial score (nSPS) is 20.9. The van der Waals surface area contributed by atoms with Crippen molar-refractivity contribution < 1.29 is 14.3 Å². The van der Waals surface area contributed by atoms with Gasteiger partial charge in [-0.05, 0) is 28.4 Å². The standard InChI is InChI=1S/C21H27NO3Si/c1-21(2,3)26(16-10-6-4-7-11-16,17-12-8-5-9-13-17)25-18-14-15-22-19(18)20(23)24/h4-13,18-19,22H,14-15H2,1-3H3,(H,23,24)/t18-,19+/m0/s1. The van der Waals surface area contributed by atoms with E-state index >= 15 is 0 Å². The summed E-state index contributed by atoms with van der Waals surface area (Å²) >= 11 is 0. The highest BCUT2D eigenvalue weighted by molar-refractivity contribution is 6.99. The molecule has 1 aliphatic heterocycles. The Hall–Kier alpha value is -1.95. The van der Waals surface area contributed by atoms with Gasteiger partial charge in [-0.2, -0.15) is 0 Å². The highest BCUT2D eigenvalue weighted by Gasteiger charge is 2.53. The highest BCUT2D eigenvalue weighted by atomic mass is 28.4. The molecule has 5 heteroatoms. The number of carbonyl (C=O) groups is 1. The van der Waals surface area contributed by atoms with E-state index in [1.165, 1.54) is 10.4 Å². The summed E-state index contributed by atoms with van der Waals surface area (Å²) < 4.78 is 6.91. The summed E-state index contributed by atoms with van der Waals surface area (Å²) in [4.78, 5) is 11.7. The predicted octanol–water partition coefficient (Wildman–Crippen LogP) is 2.38. The lowest BCUT2D eigenvalue weighted by Crippen LogP contribution is -2.68. The molecular weight excluding hydrogens is 342 g/mol. The van der Waals surface area contributed by atoms with Crippen molar-refractivity contribution in [2.75, 3.05) is 6.54 Å². The van der Waals surface area contributed by atoms with Crippen molar-refractivity contribution in [1.29, 1.82) is 0 Å². The Morgan fingerprint density at radius 3 is 1.96 bits per heavy atom. The fourth-order valence-electron chi connectivity index (χ4n) is 3.97. The summed E-state index contributed by atoms with van der Waals surface area (Å²) in [7, 11) is -2.71. The van der Waals surface area contributed by atoms with Gasteiger partial charge < -0.3 is 14.8 Å². The van der Waals surface area contributed by atoms with E-state index in [1.807, 2.05) is 36.4 Å². The Kier molecular flexibility index (Phi) is 5.32. The lowest BCUT2D eigenvalue weighted by atomic mass is 10.2. The van der Waals surface area contributed by atoms with Gasteiger partial charge in [0.2, 0.25) is 0 Å². The van der Waals surface area contributed by atoms with Crippen molar-refractivity contribution in [1.82, 2.24) is 5.32 Å². The molecule has 0 aromatic heterocycles. The van der Waals surface area contributed by atoms with Crippen LogP contribution in [0.1, 0.15) is 27.2 Å². The molecular formula is C21H27NO3Si. The Balaban J connectivity index is 2.16. The van der Waals surface area contributed by atoms with Gasteiger partial charge in [0.1, 0.15) is 6.04 Å². The van der Waals surface area contributed by atoms with E-state index in [0.717, 1.165) is 0 Å². The van der Waals surface area contributed by atoms with Crippen LogP contribution in [0.3, 0.4) is 0 Å². The van der Waals surface area contributed by atoms with E-state index in [1.54, 1.807) is 0 Å². The Bertz CT molecular complexity index is 703. The third kappa shape index (κ3) is 3.34. The molecule has 2 aromatic rings. The molecule has 1 heterocycles. The molecule has 1 saturated heterocycles. The van der Waals surface area contributed by atoms with Crippen LogP contribution in [-0.2, 0) is 9.22 Å². The number of nitrogens with one attached hydrogen (secondary N) is 1. The van der Waals surface area contributed by atoms with Crippen molar-refractivity contribution in [2.24, 2.45) is 0 Å². The van der Waals surface area contributed by atoms with Crippen LogP contribution in [0.4, 0.5) is 0 Å². The molecule has 3 rings (SSSR count). The van der Waals surface area contributed by atoms with Crippen molar-refractivity contribution in [2.45, 2.75) is 44.4 Å². The molecule has 2 N–H and O–H groups in total. The van der Waals surface area contributed by atoms with Gasteiger partial charge >= 0.3 is 5.97 Å². The average molecular weight is 370 g/mol. The number of aliphatic carboxylic acids is 1. The second kappa shape index (κ2) is 7.35. The molecule has 1 aliphatic rings. The van der Waals surface area contributed by atoms with Crippen LogP contribution in [0, 0.1) is 0 Å². The molecule has 0 bridgehead atoms. The molecule has 0 amide bonds. The Morgan fingerprint density at radius 2 is 1.54 bits per heavy atom. The number of hydrogen-bond acceptors (Lipinski definition) is 3. The summed E-state index contributed by atoms with van der Waals surface area (Å²) in [6.45, 7) is 7.28. The van der Waals surface area contributed by atoms with E-state index < -0.39 is 20.3 Å². The average Bonchev–Trinajstić information content (AvgIpc) is 3.08. The molecule has 2 aromatic carbocycles. The largest absolute Gasteiger partial charge is 0.480 e. The minimum atomic E-state index is -2.71. The molecule has 0 spiro atoms. The summed E-state index contributed by atoms with van der Waals surface area (Å²) in [5, 5.41) is 14.9. The van der Waals surface area contributed by atoms with Gasteiger partial charge in [0, 0.05) is 0 Å². The Labute approximate surface area is 156 Å². The van der Waals surface area contributed by atoms with Gasteiger partial charge in [0.05, 0.1) is 6.10 Å². The number of carboxylic acids is 1. The topological polar surface area (TPSA) is 58.6 Å². The first-order chi connectivity index (χ1) is 12.4. The number of rotatable bonds is 5. The van der Waals surface area contributed by atoms with Gasteiger partial charge in [-0.1, -0.05) is 81.4 Å². The maximum absolute atomic E-state index is 11.7. The van der Waals surface area contributed by atoms with Gasteiger partial charge in [0.15, 0.2) is 0 Å². The van der Waals surface area contributed by atoms with Crippen LogP contribution >= 0.6 is 0 Å². The number of benzene rings is 2. The smallest absolute Gasteiger partial charge is 0.323 e. The fraction of sp³-hybridized carbons (Fsp3) is 0.381. The van der Waals surface area contributed by atoms with Crippen LogP contribution in [0.2, 0.25) is 5.04 Å². The molecule has 138 valence electrons. The lowest BCUT2D eigenvalue weighted by Gasteiger charge is -2.45. The molecule has 1 fully saturated rings. The zero-order valence-corrected chi connectivity index (χ0v) is 16.6. The molecule has 2 atom stereocenters. The minimum Gasteiger partial charge on any atom is -0.480 e. The van der Waals surface area contributed by atoms with Crippen LogP contribution < -0.4 is 15.7 Å². The lowest BCUT2D eigenvalue weighted by molar-refractivity contribution is -0.141. The SMILES string of the molecule is CC(C)(C)[Si](O[C@H]1CCN[C@H]1C(=O)O)(c1ccccc1)c1ccccc1. The maximum Gasteiger partial charge on any atom is 0.323 e. The quantitative estimate of drug-likeness (QED) is 0.795. The van der Waals surface area contributed by atoms with Crippen LogP contribution in [-0.4, -0.2) is 38.1 Å². The number of hydrogen-bond donors (Lipinski definition) is 2. The van der Waals surface area contributed by atoms with Gasteiger partial charge in [0.25, 0.3) is 8.32 Å². The third-order valence-corrected chi connectivity index (χ3v) is 10.2. The molecule has 0 saturated carbocycles. The van der Waals surface area contributed by atoms with Gasteiger partial charge in [-0.15, -0.1) is 0 Å². The molecule has 0 unspecified atom stereocenters. The van der Waals surface area contributed by atoms with Crippen LogP contribution in [0.25, 0.3) is 0 Å². The maximum atomic E-state index is 11.7. The van der Waals surface area contributed by atoms with Gasteiger partial charge in [-0.3, -0.25) is 4.79 Å². The third-order valence-electron chi connectivity index (χ3n) is 5.18. The van der Waals surface area contributed by atoms with E-state index in [9.17, 15) is 9.90 Å². The van der Waals surface area contributed by atoms with Crippen molar-refractivity contribution >= 4 is 24.7 Å². The fourth-order valence-corrected chi connectivity index (χ4v) is 8.69. The van der Waals surface area contributed by atoms with E-state index in [4.69, 9.17) is 4.43 Å². The predicted molar refractivity (Wildman–Crippen MR) is 107 cm³/mol. The van der Waals surface area contributed by atoms with Gasteiger partial charge in [-0.25, -0.2) is 0 Å². The second-order valence-corrected chi connectivity index (χ2v) is 12.1. The first-order valence-corrected chi connectivity index (χ1v) is 11.0. The Morgan fingerprint density at radius 1 is 1.04 bits per heavy atom. The molecule has 0 radical (unpaired) electrons. The monoisotopic (exact) mass is 369 g/mol. The highest BCUT2D eigenvalue weighted by Crippen LogP contribution is 2.38. The van der Waals surface area contributed by atoms with Crippen molar-refractivity contribution in [3.8, 4) is 0 Å². The van der Waals surface area contributed by atoms with Crippen molar-refractivity contribution in [3.05, 3.63) is 60.7 Å².